The maximum atomic E-state index is 13.1. The van der Waals surface area contributed by atoms with Crippen molar-refractivity contribution in [2.75, 3.05) is 26.2 Å². The van der Waals surface area contributed by atoms with Gasteiger partial charge in [0.25, 0.3) is 0 Å². The van der Waals surface area contributed by atoms with Crippen molar-refractivity contribution >= 4 is 17.9 Å². The van der Waals surface area contributed by atoms with Crippen LogP contribution in [0.4, 0.5) is 18.0 Å². The lowest BCUT2D eigenvalue weighted by atomic mass is 10.1. The third kappa shape index (κ3) is 6.58. The first kappa shape index (κ1) is 25.7. The smallest absolute Gasteiger partial charge is 0.444 e. The zero-order chi connectivity index (χ0) is 25.3. The summed E-state index contributed by atoms with van der Waals surface area (Å²) >= 11 is 0. The number of rotatable bonds is 5. The molecule has 3 rings (SSSR count). The average molecular weight is 490 g/mol. The van der Waals surface area contributed by atoms with E-state index in [0.717, 1.165) is 4.57 Å². The van der Waals surface area contributed by atoms with Gasteiger partial charge in [0.1, 0.15) is 12.2 Å². The van der Waals surface area contributed by atoms with Gasteiger partial charge in [-0.3, -0.25) is 9.59 Å². The van der Waals surface area contributed by atoms with Gasteiger partial charge in [-0.1, -0.05) is 0 Å². The maximum absolute atomic E-state index is 13.1. The molecule has 1 N–H and O–H groups in total. The largest absolute Gasteiger partial charge is 0.451 e. The maximum Gasteiger partial charge on any atom is 0.451 e. The second-order valence-electron chi connectivity index (χ2n) is 9.37. The molecule has 1 fully saturated rings. The number of aromatic nitrogens is 3. The fourth-order valence-corrected chi connectivity index (χ4v) is 3.77. The SMILES string of the molecule is CC1CN(CC(CC(=O)N2CCn3c(nnc3C(F)(F)F)C2)NC(=O)OC(C)(C)C)C(=O)CO1. The molecule has 11 nitrogen and oxygen atoms in total. The summed E-state index contributed by atoms with van der Waals surface area (Å²) in [6.07, 6.45) is -5.76. The topological polar surface area (TPSA) is 119 Å². The first-order valence-electron chi connectivity index (χ1n) is 10.9. The lowest BCUT2D eigenvalue weighted by molar-refractivity contribution is -0.149. The van der Waals surface area contributed by atoms with E-state index in [2.05, 4.69) is 15.5 Å². The van der Waals surface area contributed by atoms with Gasteiger partial charge >= 0.3 is 12.3 Å². The molecule has 0 aliphatic carbocycles. The number of nitrogens with zero attached hydrogens (tertiary/aromatic N) is 5. The molecular formula is C20H29F3N6O5. The minimum Gasteiger partial charge on any atom is -0.444 e. The van der Waals surface area contributed by atoms with Crippen LogP contribution >= 0.6 is 0 Å². The van der Waals surface area contributed by atoms with Gasteiger partial charge in [-0.2, -0.15) is 13.2 Å². The van der Waals surface area contributed by atoms with E-state index in [4.69, 9.17) is 9.47 Å². The molecule has 1 aromatic rings. The highest BCUT2D eigenvalue weighted by Crippen LogP contribution is 2.29. The molecule has 34 heavy (non-hydrogen) atoms. The Bertz CT molecular complexity index is 929. The predicted octanol–water partition coefficient (Wildman–Crippen LogP) is 1.17. The van der Waals surface area contributed by atoms with Crippen LogP contribution in [0.25, 0.3) is 0 Å². The number of halogens is 3. The molecule has 14 heteroatoms. The van der Waals surface area contributed by atoms with E-state index >= 15 is 0 Å². The molecule has 2 aliphatic heterocycles. The molecule has 0 saturated carbocycles. The first-order chi connectivity index (χ1) is 15.7. The summed E-state index contributed by atoms with van der Waals surface area (Å²) in [6, 6.07) is -0.776. The summed E-state index contributed by atoms with van der Waals surface area (Å²) in [4.78, 5) is 40.5. The summed E-state index contributed by atoms with van der Waals surface area (Å²) < 4.78 is 50.7. The van der Waals surface area contributed by atoms with Gasteiger partial charge in [0.2, 0.25) is 17.6 Å². The number of nitrogens with one attached hydrogen (secondary N) is 1. The third-order valence-corrected chi connectivity index (χ3v) is 5.26. The third-order valence-electron chi connectivity index (χ3n) is 5.26. The lowest BCUT2D eigenvalue weighted by Crippen LogP contribution is -2.53. The Hall–Kier alpha value is -2.90. The summed E-state index contributed by atoms with van der Waals surface area (Å²) in [5, 5.41) is 9.43. The van der Waals surface area contributed by atoms with Gasteiger partial charge in [0.15, 0.2) is 5.82 Å². The first-order valence-corrected chi connectivity index (χ1v) is 10.9. The fourth-order valence-electron chi connectivity index (χ4n) is 3.77. The number of hydrogen-bond donors (Lipinski definition) is 1. The molecular weight excluding hydrogens is 461 g/mol. The number of alkyl halides is 3. The van der Waals surface area contributed by atoms with Crippen LogP contribution in [0.1, 0.15) is 45.8 Å². The van der Waals surface area contributed by atoms with E-state index in [0.29, 0.717) is 6.54 Å². The van der Waals surface area contributed by atoms with E-state index in [1.165, 1.54) is 9.80 Å². The van der Waals surface area contributed by atoms with Crippen molar-refractivity contribution in [3.05, 3.63) is 11.6 Å². The monoisotopic (exact) mass is 490 g/mol. The van der Waals surface area contributed by atoms with E-state index in [-0.39, 0.29) is 57.0 Å². The Kier molecular flexibility index (Phi) is 7.38. The van der Waals surface area contributed by atoms with Crippen molar-refractivity contribution in [2.45, 2.75) is 71.1 Å². The number of carbonyl (C=O) groups is 3. The number of amides is 3. The molecule has 1 saturated heterocycles. The molecule has 2 aliphatic rings. The van der Waals surface area contributed by atoms with Crippen LogP contribution in [0.2, 0.25) is 0 Å². The standard InChI is InChI=1S/C20H29F3N6O5/c1-12-8-28(16(31)11-33-12)9-13(24-18(32)34-19(2,3)4)7-15(30)27-5-6-29-14(10-27)25-26-17(29)20(21,22)23/h12-13H,5-11H2,1-4H3,(H,24,32). The Morgan fingerprint density at radius 3 is 2.59 bits per heavy atom. The molecule has 190 valence electrons. The molecule has 0 aromatic carbocycles. The van der Waals surface area contributed by atoms with E-state index in [9.17, 15) is 27.6 Å². The molecule has 0 bridgehead atoms. The highest BCUT2D eigenvalue weighted by atomic mass is 19.4. The lowest BCUT2D eigenvalue weighted by Gasteiger charge is -2.35. The fraction of sp³-hybridized carbons (Fsp3) is 0.750. The average Bonchev–Trinajstić information content (AvgIpc) is 3.12. The molecule has 0 radical (unpaired) electrons. The van der Waals surface area contributed by atoms with Crippen LogP contribution < -0.4 is 5.32 Å². The zero-order valence-corrected chi connectivity index (χ0v) is 19.5. The highest BCUT2D eigenvalue weighted by molar-refractivity contribution is 5.80. The van der Waals surface area contributed by atoms with Crippen LogP contribution in [0.3, 0.4) is 0 Å². The highest BCUT2D eigenvalue weighted by Gasteiger charge is 2.40. The van der Waals surface area contributed by atoms with Crippen LogP contribution in [0, 0.1) is 0 Å². The minimum absolute atomic E-state index is 0.0274. The van der Waals surface area contributed by atoms with Gasteiger partial charge in [-0.25, -0.2) is 4.79 Å². The molecule has 3 amide bonds. The van der Waals surface area contributed by atoms with Crippen LogP contribution in [0.15, 0.2) is 0 Å². The van der Waals surface area contributed by atoms with E-state index in [1.54, 1.807) is 27.7 Å². The Morgan fingerprint density at radius 1 is 1.24 bits per heavy atom. The normalized spacial score (nSPS) is 20.1. The minimum atomic E-state index is -4.64. The van der Waals surface area contributed by atoms with Crippen molar-refractivity contribution < 1.29 is 37.0 Å². The summed E-state index contributed by atoms with van der Waals surface area (Å²) in [5.74, 6) is -1.75. The second-order valence-corrected chi connectivity index (χ2v) is 9.37. The second kappa shape index (κ2) is 9.76. The molecule has 2 unspecified atom stereocenters. The molecule has 3 heterocycles. The Labute approximate surface area is 194 Å². The van der Waals surface area contributed by atoms with Crippen LogP contribution in [-0.4, -0.2) is 86.5 Å². The summed E-state index contributed by atoms with van der Waals surface area (Å²) in [6.45, 7) is 6.92. The van der Waals surface area contributed by atoms with Gasteiger partial charge in [0.05, 0.1) is 18.7 Å². The zero-order valence-electron chi connectivity index (χ0n) is 19.5. The number of ether oxygens (including phenoxy) is 2. The summed E-state index contributed by atoms with van der Waals surface area (Å²) in [7, 11) is 0. The Balaban J connectivity index is 1.69. The van der Waals surface area contributed by atoms with Gasteiger partial charge < -0.3 is 29.2 Å². The van der Waals surface area contributed by atoms with Gasteiger partial charge in [0, 0.05) is 32.6 Å². The van der Waals surface area contributed by atoms with Crippen molar-refractivity contribution in [3.63, 3.8) is 0 Å². The van der Waals surface area contributed by atoms with Crippen molar-refractivity contribution in [1.82, 2.24) is 29.9 Å². The number of carbonyl (C=O) groups excluding carboxylic acids is 3. The van der Waals surface area contributed by atoms with Crippen LogP contribution in [0.5, 0.6) is 0 Å². The Morgan fingerprint density at radius 2 is 1.94 bits per heavy atom. The molecule has 1 aromatic heterocycles. The van der Waals surface area contributed by atoms with Gasteiger partial charge in [-0.15, -0.1) is 10.2 Å². The summed E-state index contributed by atoms with van der Waals surface area (Å²) in [5.41, 5.74) is -0.769. The van der Waals surface area contributed by atoms with Crippen molar-refractivity contribution in [2.24, 2.45) is 0 Å². The number of morpholine rings is 1. The number of fused-ring (bicyclic) bond motifs is 1. The van der Waals surface area contributed by atoms with E-state index in [1.807, 2.05) is 0 Å². The number of alkyl carbamates (subject to hydrolysis) is 1. The van der Waals surface area contributed by atoms with E-state index < -0.39 is 35.6 Å². The predicted molar refractivity (Wildman–Crippen MR) is 110 cm³/mol. The quantitative estimate of drug-likeness (QED) is 0.658. The van der Waals surface area contributed by atoms with Crippen LogP contribution in [-0.2, 0) is 38.3 Å². The van der Waals surface area contributed by atoms with Crippen molar-refractivity contribution in [1.29, 1.82) is 0 Å². The number of hydrogen-bond acceptors (Lipinski definition) is 7. The molecule has 2 atom stereocenters. The molecule has 0 spiro atoms. The van der Waals surface area contributed by atoms with Gasteiger partial charge in [-0.05, 0) is 27.7 Å². The van der Waals surface area contributed by atoms with Crippen molar-refractivity contribution in [3.8, 4) is 0 Å².